The summed E-state index contributed by atoms with van der Waals surface area (Å²) in [4.78, 5) is 22.8. The summed E-state index contributed by atoms with van der Waals surface area (Å²) in [6.07, 6.45) is 2.14. The normalized spacial score (nSPS) is 16.9. The molecule has 0 spiro atoms. The van der Waals surface area contributed by atoms with Gasteiger partial charge in [0.2, 0.25) is 0 Å². The Bertz CT molecular complexity index is 621. The third kappa shape index (κ3) is 3.83. The average Bonchev–Trinajstić information content (AvgIpc) is 3.35. The van der Waals surface area contributed by atoms with Crippen LogP contribution in [-0.4, -0.2) is 36.6 Å². The third-order valence-corrected chi connectivity index (χ3v) is 3.83. The lowest BCUT2D eigenvalue weighted by Gasteiger charge is -2.19. The minimum absolute atomic E-state index is 0. The van der Waals surface area contributed by atoms with Crippen LogP contribution >= 0.6 is 12.4 Å². The van der Waals surface area contributed by atoms with Gasteiger partial charge in [0.05, 0.1) is 11.0 Å². The van der Waals surface area contributed by atoms with Gasteiger partial charge in [-0.25, -0.2) is 0 Å². The summed E-state index contributed by atoms with van der Waals surface area (Å²) in [7, 11) is 0. The van der Waals surface area contributed by atoms with Gasteiger partial charge in [-0.15, -0.1) is 12.4 Å². The van der Waals surface area contributed by atoms with Crippen molar-refractivity contribution in [3.05, 3.63) is 27.8 Å². The number of carbonyl (C=O) groups is 1. The van der Waals surface area contributed by atoms with Crippen molar-refractivity contribution in [1.82, 2.24) is 5.32 Å². The van der Waals surface area contributed by atoms with E-state index in [1.165, 1.54) is 12.1 Å². The molecule has 0 aromatic heterocycles. The molecule has 3 rings (SSSR count). The van der Waals surface area contributed by atoms with Crippen molar-refractivity contribution >= 4 is 24.0 Å². The highest BCUT2D eigenvalue weighted by Crippen LogP contribution is 2.36. The van der Waals surface area contributed by atoms with Crippen LogP contribution in [0, 0.1) is 16.0 Å². The first-order valence-corrected chi connectivity index (χ1v) is 7.18. The minimum atomic E-state index is -0.603. The maximum absolute atomic E-state index is 12.2. The first-order chi connectivity index (χ1) is 10.6. The molecule has 1 unspecified atom stereocenters. The lowest BCUT2D eigenvalue weighted by Crippen LogP contribution is -2.38. The zero-order valence-electron chi connectivity index (χ0n) is 12.3. The molecule has 1 atom stereocenters. The second-order valence-corrected chi connectivity index (χ2v) is 5.48. The van der Waals surface area contributed by atoms with Crippen molar-refractivity contribution in [2.45, 2.75) is 18.9 Å². The predicted octanol–water partition coefficient (Wildman–Crippen LogP) is 1.25. The molecule has 2 aliphatic rings. The van der Waals surface area contributed by atoms with Gasteiger partial charge in [0.25, 0.3) is 11.6 Å². The number of nitrogens with zero attached hydrogens (tertiary/aromatic N) is 1. The molecule has 1 heterocycles. The van der Waals surface area contributed by atoms with E-state index < -0.39 is 10.8 Å². The van der Waals surface area contributed by atoms with E-state index in [1.807, 2.05) is 0 Å². The lowest BCUT2D eigenvalue weighted by atomic mass is 10.1. The fourth-order valence-electron chi connectivity index (χ4n) is 2.41. The van der Waals surface area contributed by atoms with Crippen molar-refractivity contribution < 1.29 is 19.2 Å². The van der Waals surface area contributed by atoms with E-state index in [0.29, 0.717) is 31.4 Å². The number of nitrogens with one attached hydrogen (secondary N) is 1. The van der Waals surface area contributed by atoms with Crippen molar-refractivity contribution in [2.24, 2.45) is 11.7 Å². The molecule has 1 aliphatic carbocycles. The molecule has 3 N–H and O–H groups in total. The van der Waals surface area contributed by atoms with E-state index in [2.05, 4.69) is 5.32 Å². The van der Waals surface area contributed by atoms with Crippen molar-refractivity contribution in [2.75, 3.05) is 19.8 Å². The minimum Gasteiger partial charge on any atom is -0.486 e. The van der Waals surface area contributed by atoms with Crippen LogP contribution in [0.15, 0.2) is 12.1 Å². The van der Waals surface area contributed by atoms with E-state index in [4.69, 9.17) is 15.2 Å². The molecule has 0 saturated heterocycles. The van der Waals surface area contributed by atoms with Crippen molar-refractivity contribution in [3.8, 4) is 11.5 Å². The molecule has 126 valence electrons. The summed E-state index contributed by atoms with van der Waals surface area (Å²) in [6.45, 7) is 0.972. The number of benzene rings is 1. The first-order valence-electron chi connectivity index (χ1n) is 7.18. The van der Waals surface area contributed by atoms with Crippen LogP contribution in [0.1, 0.15) is 23.2 Å². The summed E-state index contributed by atoms with van der Waals surface area (Å²) >= 11 is 0. The molecule has 1 aliphatic heterocycles. The highest BCUT2D eigenvalue weighted by molar-refractivity contribution is 5.99. The summed E-state index contributed by atoms with van der Waals surface area (Å²) in [5.41, 5.74) is 5.57. The number of amides is 1. The van der Waals surface area contributed by atoms with Crippen LogP contribution in [-0.2, 0) is 0 Å². The van der Waals surface area contributed by atoms with Gasteiger partial charge in [0.15, 0.2) is 11.5 Å². The molecule has 8 nitrogen and oxygen atoms in total. The maximum atomic E-state index is 12.2. The van der Waals surface area contributed by atoms with Gasteiger partial charge >= 0.3 is 0 Å². The number of carbonyl (C=O) groups excluding carboxylic acids is 1. The van der Waals surface area contributed by atoms with Crippen LogP contribution in [0.4, 0.5) is 5.69 Å². The van der Waals surface area contributed by atoms with Crippen molar-refractivity contribution in [1.29, 1.82) is 0 Å². The number of halogens is 1. The Labute approximate surface area is 138 Å². The summed E-state index contributed by atoms with van der Waals surface area (Å²) in [6, 6.07) is 2.47. The van der Waals surface area contributed by atoms with E-state index in [-0.39, 0.29) is 35.4 Å². The monoisotopic (exact) mass is 343 g/mol. The zero-order valence-corrected chi connectivity index (χ0v) is 13.1. The number of rotatable bonds is 5. The fourth-order valence-corrected chi connectivity index (χ4v) is 2.41. The molecule has 1 aromatic carbocycles. The Morgan fingerprint density at radius 1 is 1.35 bits per heavy atom. The summed E-state index contributed by atoms with van der Waals surface area (Å²) < 4.78 is 10.7. The van der Waals surface area contributed by atoms with Crippen LogP contribution < -0.4 is 20.5 Å². The summed E-state index contributed by atoms with van der Waals surface area (Å²) in [5.74, 6) is 0.535. The Kier molecular flexibility index (Phi) is 5.27. The van der Waals surface area contributed by atoms with Gasteiger partial charge in [-0.1, -0.05) is 0 Å². The second kappa shape index (κ2) is 7.01. The van der Waals surface area contributed by atoms with Crippen LogP contribution in [0.25, 0.3) is 0 Å². The molecule has 9 heteroatoms. The standard InChI is InChI=1S/C14H17N3O5.ClH/c15-10(8-1-2-8)7-16-14(18)9-5-12-13(22-4-3-21-12)6-11(9)17(19)20;/h5-6,8,10H,1-4,7,15H2,(H,16,18);1H. The highest BCUT2D eigenvalue weighted by Gasteiger charge is 2.30. The van der Waals surface area contributed by atoms with E-state index in [1.54, 1.807) is 0 Å². The Morgan fingerprint density at radius 2 is 1.96 bits per heavy atom. The molecular weight excluding hydrogens is 326 g/mol. The molecule has 1 saturated carbocycles. The molecule has 23 heavy (non-hydrogen) atoms. The van der Waals surface area contributed by atoms with Crippen LogP contribution in [0.5, 0.6) is 11.5 Å². The Balaban J connectivity index is 0.00000192. The number of hydrogen-bond acceptors (Lipinski definition) is 6. The van der Waals surface area contributed by atoms with Gasteiger partial charge in [0.1, 0.15) is 18.8 Å². The van der Waals surface area contributed by atoms with E-state index in [9.17, 15) is 14.9 Å². The highest BCUT2D eigenvalue weighted by atomic mass is 35.5. The van der Waals surface area contributed by atoms with E-state index in [0.717, 1.165) is 12.8 Å². The number of nitro groups is 1. The molecule has 1 aromatic rings. The second-order valence-electron chi connectivity index (χ2n) is 5.48. The lowest BCUT2D eigenvalue weighted by molar-refractivity contribution is -0.385. The van der Waals surface area contributed by atoms with Gasteiger partial charge < -0.3 is 20.5 Å². The maximum Gasteiger partial charge on any atom is 0.286 e. The van der Waals surface area contributed by atoms with Gasteiger partial charge in [0, 0.05) is 18.7 Å². The number of nitrogens with two attached hydrogens (primary N) is 1. The molecule has 1 fully saturated rings. The number of nitro benzene ring substituents is 1. The third-order valence-electron chi connectivity index (χ3n) is 3.83. The molecular formula is C14H18ClN3O5. The average molecular weight is 344 g/mol. The molecule has 1 amide bonds. The fraction of sp³-hybridized carbons (Fsp3) is 0.500. The van der Waals surface area contributed by atoms with Crippen LogP contribution in [0.2, 0.25) is 0 Å². The largest absolute Gasteiger partial charge is 0.486 e. The Morgan fingerprint density at radius 3 is 2.52 bits per heavy atom. The van der Waals surface area contributed by atoms with Crippen LogP contribution in [0.3, 0.4) is 0 Å². The number of fused-ring (bicyclic) bond motifs is 1. The topological polar surface area (TPSA) is 117 Å². The quantitative estimate of drug-likeness (QED) is 0.614. The smallest absolute Gasteiger partial charge is 0.286 e. The number of ether oxygens (including phenoxy) is 2. The van der Waals surface area contributed by atoms with Gasteiger partial charge in [-0.05, 0) is 18.8 Å². The molecule has 0 radical (unpaired) electrons. The number of hydrogen-bond donors (Lipinski definition) is 2. The van der Waals surface area contributed by atoms with E-state index >= 15 is 0 Å². The SMILES string of the molecule is Cl.NC(CNC(=O)c1cc2c(cc1[N+](=O)[O-])OCCO2)C1CC1. The van der Waals surface area contributed by atoms with Crippen molar-refractivity contribution in [3.63, 3.8) is 0 Å². The Hall–Kier alpha value is -2.06. The van der Waals surface area contributed by atoms with Gasteiger partial charge in [-0.2, -0.15) is 0 Å². The predicted molar refractivity (Wildman–Crippen MR) is 84.4 cm³/mol. The summed E-state index contributed by atoms with van der Waals surface area (Å²) in [5, 5.41) is 13.8. The first kappa shape index (κ1) is 17.3. The van der Waals surface area contributed by atoms with Gasteiger partial charge in [-0.3, -0.25) is 14.9 Å². The molecule has 0 bridgehead atoms. The zero-order chi connectivity index (χ0) is 15.7.